The number of hydrogen-bond acceptors (Lipinski definition) is 5. The van der Waals surface area contributed by atoms with Crippen molar-refractivity contribution in [1.82, 2.24) is 4.31 Å². The maximum atomic E-state index is 13.3. The molecule has 0 spiro atoms. The number of sulfonamides is 1. The Morgan fingerprint density at radius 3 is 2.34 bits per heavy atom. The Hall–Kier alpha value is -2.91. The highest BCUT2D eigenvalue weighted by atomic mass is 35.5. The van der Waals surface area contributed by atoms with Gasteiger partial charge in [0.1, 0.15) is 4.90 Å². The lowest BCUT2D eigenvalue weighted by molar-refractivity contribution is -0.140. The third-order valence-electron chi connectivity index (χ3n) is 4.95. The van der Waals surface area contributed by atoms with E-state index in [2.05, 4.69) is 5.32 Å². The molecular weight excluding hydrogens is 475 g/mol. The van der Waals surface area contributed by atoms with Crippen LogP contribution >= 0.6 is 23.2 Å². The molecule has 0 saturated carbocycles. The number of nitrogens with one attached hydrogen (secondary N) is 1. The van der Waals surface area contributed by atoms with Gasteiger partial charge in [0.05, 0.1) is 10.7 Å². The zero-order valence-corrected chi connectivity index (χ0v) is 18.7. The number of aliphatic carboxylic acids is 1. The lowest BCUT2D eigenvalue weighted by atomic mass is 10.0. The van der Waals surface area contributed by atoms with Gasteiger partial charge in [-0.3, -0.25) is 4.79 Å². The second-order valence-corrected chi connectivity index (χ2v) is 9.77. The number of halogens is 2. The largest absolute Gasteiger partial charge is 0.479 e. The number of nitrogens with zero attached hydrogens (tertiary/aromatic N) is 1. The fraction of sp³-hybridized carbons (Fsp3) is 0.0909. The molecular formula is C22H16Cl2N2O5S. The molecule has 1 heterocycles. The number of ketones is 1. The standard InChI is InChI=1S/C22H16Cl2N2O5S/c23-16-10-17(24)20-18(11-16)25-21(22(28)29)26(32(20,30)31)12-13-5-4-8-15(9-13)19(27)14-6-2-1-3-7-14/h1-11,21,25H,12H2,(H,28,29). The first kappa shape index (κ1) is 22.3. The van der Waals surface area contributed by atoms with Gasteiger partial charge >= 0.3 is 5.97 Å². The minimum Gasteiger partial charge on any atom is -0.479 e. The number of benzene rings is 3. The molecule has 0 saturated heterocycles. The van der Waals surface area contributed by atoms with Gasteiger partial charge in [0.2, 0.25) is 10.0 Å². The Bertz CT molecular complexity index is 1330. The van der Waals surface area contributed by atoms with Gasteiger partial charge in [0.15, 0.2) is 11.9 Å². The number of carboxylic acids is 1. The van der Waals surface area contributed by atoms with Crippen LogP contribution in [0.2, 0.25) is 10.0 Å². The Labute approximate surface area is 194 Å². The summed E-state index contributed by atoms with van der Waals surface area (Å²) < 4.78 is 27.4. The molecule has 2 N–H and O–H groups in total. The van der Waals surface area contributed by atoms with E-state index >= 15 is 0 Å². The summed E-state index contributed by atoms with van der Waals surface area (Å²) in [4.78, 5) is 24.4. The molecule has 0 aliphatic carbocycles. The fourth-order valence-corrected chi connectivity index (χ4v) is 5.97. The number of carboxylic acid groups (broad SMARTS) is 1. The second kappa shape index (κ2) is 8.55. The third-order valence-corrected chi connectivity index (χ3v) is 7.49. The summed E-state index contributed by atoms with van der Waals surface area (Å²) in [6.07, 6.45) is -1.59. The van der Waals surface area contributed by atoms with E-state index in [1.54, 1.807) is 54.6 Å². The average molecular weight is 491 g/mol. The monoisotopic (exact) mass is 490 g/mol. The average Bonchev–Trinajstić information content (AvgIpc) is 2.75. The zero-order chi connectivity index (χ0) is 23.0. The van der Waals surface area contributed by atoms with Crippen LogP contribution in [0.1, 0.15) is 21.5 Å². The van der Waals surface area contributed by atoms with E-state index in [4.69, 9.17) is 23.2 Å². The van der Waals surface area contributed by atoms with Crippen LogP contribution in [0.25, 0.3) is 0 Å². The Morgan fingerprint density at radius 2 is 1.66 bits per heavy atom. The van der Waals surface area contributed by atoms with E-state index < -0.39 is 22.2 Å². The first-order valence-corrected chi connectivity index (χ1v) is 11.6. The highest BCUT2D eigenvalue weighted by Gasteiger charge is 2.43. The maximum absolute atomic E-state index is 13.3. The highest BCUT2D eigenvalue weighted by molar-refractivity contribution is 7.89. The molecule has 4 rings (SSSR count). The van der Waals surface area contributed by atoms with Crippen molar-refractivity contribution in [3.63, 3.8) is 0 Å². The van der Waals surface area contributed by atoms with E-state index in [-0.39, 0.29) is 33.0 Å². The number of anilines is 1. The summed E-state index contributed by atoms with van der Waals surface area (Å²) in [6.45, 7) is -0.291. The van der Waals surface area contributed by atoms with Gasteiger partial charge in [-0.05, 0) is 23.8 Å². The van der Waals surface area contributed by atoms with Gasteiger partial charge in [0.25, 0.3) is 0 Å². The Morgan fingerprint density at radius 1 is 0.969 bits per heavy atom. The van der Waals surface area contributed by atoms with Crippen LogP contribution in [0.3, 0.4) is 0 Å². The molecule has 3 aromatic carbocycles. The molecule has 0 fully saturated rings. The number of rotatable bonds is 5. The van der Waals surface area contributed by atoms with Gasteiger partial charge in [-0.25, -0.2) is 13.2 Å². The number of carbonyl (C=O) groups excluding carboxylic acids is 1. The van der Waals surface area contributed by atoms with Crippen LogP contribution in [-0.2, 0) is 21.4 Å². The van der Waals surface area contributed by atoms with Crippen LogP contribution in [-0.4, -0.2) is 35.7 Å². The minimum absolute atomic E-state index is 0.0131. The maximum Gasteiger partial charge on any atom is 0.342 e. The first-order chi connectivity index (χ1) is 15.2. The topological polar surface area (TPSA) is 104 Å². The van der Waals surface area contributed by atoms with E-state index in [0.717, 1.165) is 4.31 Å². The van der Waals surface area contributed by atoms with Crippen LogP contribution in [0.15, 0.2) is 71.6 Å². The number of hydrogen-bond donors (Lipinski definition) is 2. The number of fused-ring (bicyclic) bond motifs is 1. The summed E-state index contributed by atoms with van der Waals surface area (Å²) in [6, 6.07) is 17.6. The van der Waals surface area contributed by atoms with Gasteiger partial charge in [-0.15, -0.1) is 0 Å². The summed E-state index contributed by atoms with van der Waals surface area (Å²) in [7, 11) is -4.29. The van der Waals surface area contributed by atoms with Gasteiger partial charge in [0, 0.05) is 22.7 Å². The Balaban J connectivity index is 1.73. The van der Waals surface area contributed by atoms with E-state index in [1.165, 1.54) is 12.1 Å². The third kappa shape index (κ3) is 4.10. The molecule has 1 atom stereocenters. The van der Waals surface area contributed by atoms with Gasteiger partial charge in [-0.1, -0.05) is 71.7 Å². The van der Waals surface area contributed by atoms with Crippen molar-refractivity contribution in [2.45, 2.75) is 17.6 Å². The molecule has 3 aromatic rings. The lowest BCUT2D eigenvalue weighted by Crippen LogP contribution is -2.52. The molecule has 1 aliphatic heterocycles. The van der Waals surface area contributed by atoms with Crippen LogP contribution in [0.5, 0.6) is 0 Å². The van der Waals surface area contributed by atoms with E-state index in [9.17, 15) is 23.1 Å². The summed E-state index contributed by atoms with van der Waals surface area (Å²) in [5.74, 6) is -1.63. The molecule has 10 heteroatoms. The molecule has 0 aromatic heterocycles. The van der Waals surface area contributed by atoms with Gasteiger partial charge < -0.3 is 10.4 Å². The Kier molecular flexibility index (Phi) is 5.96. The lowest BCUT2D eigenvalue weighted by Gasteiger charge is -2.35. The molecule has 0 bridgehead atoms. The van der Waals surface area contributed by atoms with Crippen molar-refractivity contribution >= 4 is 50.7 Å². The summed E-state index contributed by atoms with van der Waals surface area (Å²) in [5, 5.41) is 12.4. The normalized spacial score (nSPS) is 17.2. The SMILES string of the molecule is O=C(c1ccccc1)c1cccc(CN2C(C(=O)O)Nc3cc(Cl)cc(Cl)c3S2(=O)=O)c1. The highest BCUT2D eigenvalue weighted by Crippen LogP contribution is 2.40. The molecule has 0 amide bonds. The summed E-state index contributed by atoms with van der Waals surface area (Å²) >= 11 is 12.1. The van der Waals surface area contributed by atoms with Gasteiger partial charge in [-0.2, -0.15) is 4.31 Å². The van der Waals surface area contributed by atoms with E-state index in [0.29, 0.717) is 16.7 Å². The van der Waals surface area contributed by atoms with Crippen molar-refractivity contribution in [3.05, 3.63) is 93.5 Å². The van der Waals surface area contributed by atoms with Crippen LogP contribution < -0.4 is 5.32 Å². The second-order valence-electron chi connectivity index (χ2n) is 7.10. The van der Waals surface area contributed by atoms with Crippen molar-refractivity contribution in [2.75, 3.05) is 5.32 Å². The smallest absolute Gasteiger partial charge is 0.342 e. The fourth-order valence-electron chi connectivity index (χ4n) is 3.51. The van der Waals surface area contributed by atoms with E-state index in [1.807, 2.05) is 0 Å². The predicted molar refractivity (Wildman–Crippen MR) is 121 cm³/mol. The van der Waals surface area contributed by atoms with Crippen LogP contribution in [0.4, 0.5) is 5.69 Å². The molecule has 0 radical (unpaired) electrons. The minimum atomic E-state index is -4.29. The number of carbonyl (C=O) groups is 2. The van der Waals surface area contributed by atoms with Crippen molar-refractivity contribution in [1.29, 1.82) is 0 Å². The van der Waals surface area contributed by atoms with Crippen molar-refractivity contribution in [2.24, 2.45) is 0 Å². The van der Waals surface area contributed by atoms with Crippen molar-refractivity contribution < 1.29 is 23.1 Å². The molecule has 1 aliphatic rings. The quantitative estimate of drug-likeness (QED) is 0.518. The zero-order valence-electron chi connectivity index (χ0n) is 16.3. The molecule has 1 unspecified atom stereocenters. The first-order valence-electron chi connectivity index (χ1n) is 9.37. The molecule has 7 nitrogen and oxygen atoms in total. The van der Waals surface area contributed by atoms with Crippen LogP contribution in [0, 0.1) is 0 Å². The predicted octanol–water partition coefficient (Wildman–Crippen LogP) is 4.25. The summed E-state index contributed by atoms with van der Waals surface area (Å²) in [5.41, 5.74) is 1.29. The molecule has 164 valence electrons. The molecule has 32 heavy (non-hydrogen) atoms. The van der Waals surface area contributed by atoms with Crippen molar-refractivity contribution in [3.8, 4) is 0 Å².